The van der Waals surface area contributed by atoms with Crippen molar-refractivity contribution in [3.05, 3.63) is 87.3 Å². The molecule has 2 aromatic heterocycles. The van der Waals surface area contributed by atoms with Gasteiger partial charge in [-0.15, -0.1) is 11.3 Å². The molecule has 0 radical (unpaired) electrons. The molecule has 1 atom stereocenters. The number of benzene rings is 2. The summed E-state index contributed by atoms with van der Waals surface area (Å²) in [5.41, 5.74) is 4.12. The average molecular weight is 448 g/mol. The van der Waals surface area contributed by atoms with Gasteiger partial charge in [-0.3, -0.25) is 9.69 Å². The van der Waals surface area contributed by atoms with Crippen LogP contribution in [0.5, 0.6) is 0 Å². The molecular formula is C26H29N3O2S. The molecular weight excluding hydrogens is 418 g/mol. The molecule has 166 valence electrons. The van der Waals surface area contributed by atoms with Gasteiger partial charge >= 0.3 is 0 Å². The van der Waals surface area contributed by atoms with Crippen molar-refractivity contribution in [2.75, 3.05) is 6.54 Å². The van der Waals surface area contributed by atoms with Gasteiger partial charge in [0.15, 0.2) is 0 Å². The Morgan fingerprint density at radius 3 is 2.50 bits per heavy atom. The lowest BCUT2D eigenvalue weighted by Gasteiger charge is -2.28. The molecule has 6 heteroatoms. The van der Waals surface area contributed by atoms with Crippen molar-refractivity contribution in [2.24, 2.45) is 0 Å². The summed E-state index contributed by atoms with van der Waals surface area (Å²) in [7, 11) is 0. The third kappa shape index (κ3) is 5.15. The van der Waals surface area contributed by atoms with Crippen molar-refractivity contribution in [3.63, 3.8) is 0 Å². The molecule has 1 unspecified atom stereocenters. The van der Waals surface area contributed by atoms with Gasteiger partial charge in [0.05, 0.1) is 18.0 Å². The minimum absolute atomic E-state index is 0.115. The zero-order valence-electron chi connectivity index (χ0n) is 18.7. The topological polar surface area (TPSA) is 69.2 Å². The van der Waals surface area contributed by atoms with Crippen molar-refractivity contribution in [1.29, 1.82) is 0 Å². The summed E-state index contributed by atoms with van der Waals surface area (Å²) in [4.78, 5) is 23.6. The Balaban J connectivity index is 1.54. The fourth-order valence-corrected chi connectivity index (χ4v) is 4.85. The Bertz CT molecular complexity index is 1230. The molecule has 0 aliphatic carbocycles. The number of hydrogen-bond acceptors (Lipinski definition) is 5. The second-order valence-corrected chi connectivity index (χ2v) is 9.43. The quantitative estimate of drug-likeness (QED) is 0.408. The van der Waals surface area contributed by atoms with Gasteiger partial charge in [-0.05, 0) is 38.3 Å². The highest BCUT2D eigenvalue weighted by molar-refractivity contribution is 7.17. The lowest BCUT2D eigenvalue weighted by molar-refractivity contribution is 0.0892. The van der Waals surface area contributed by atoms with Crippen molar-refractivity contribution in [3.8, 4) is 11.1 Å². The summed E-state index contributed by atoms with van der Waals surface area (Å²) in [6, 6.07) is 18.4. The van der Waals surface area contributed by atoms with E-state index in [1.54, 1.807) is 0 Å². The second kappa shape index (κ2) is 9.77. The number of nitrogens with zero attached hydrogens (tertiary/aromatic N) is 2. The minimum Gasteiger partial charge on any atom is -0.391 e. The summed E-state index contributed by atoms with van der Waals surface area (Å²) in [5, 5.41) is 13.3. The maximum atomic E-state index is 13.0. The lowest BCUT2D eigenvalue weighted by atomic mass is 10.1. The van der Waals surface area contributed by atoms with E-state index in [0.717, 1.165) is 21.5 Å². The van der Waals surface area contributed by atoms with E-state index >= 15 is 0 Å². The van der Waals surface area contributed by atoms with Gasteiger partial charge in [-0.1, -0.05) is 60.2 Å². The number of nitrogens with one attached hydrogen (secondary N) is 1. The Hall–Kier alpha value is -2.80. The minimum atomic E-state index is -0.495. The first-order valence-electron chi connectivity index (χ1n) is 10.9. The summed E-state index contributed by atoms with van der Waals surface area (Å²) in [6.07, 6.45) is 0.0999. The molecule has 2 heterocycles. The number of hydrogen-bond donors (Lipinski definition) is 2. The highest BCUT2D eigenvalue weighted by atomic mass is 32.1. The van der Waals surface area contributed by atoms with E-state index in [1.807, 2.05) is 54.8 Å². The van der Waals surface area contributed by atoms with Gasteiger partial charge in [0.2, 0.25) is 0 Å². The average Bonchev–Trinajstić information content (AvgIpc) is 3.19. The predicted octanol–water partition coefficient (Wildman–Crippen LogP) is 4.77. The van der Waals surface area contributed by atoms with Crippen LogP contribution in [0, 0.1) is 6.92 Å². The van der Waals surface area contributed by atoms with Crippen molar-refractivity contribution >= 4 is 21.6 Å². The molecule has 4 aromatic rings. The molecule has 0 aliphatic rings. The van der Waals surface area contributed by atoms with E-state index in [-0.39, 0.29) is 11.6 Å². The van der Waals surface area contributed by atoms with Gasteiger partial charge in [0.25, 0.3) is 5.56 Å². The van der Waals surface area contributed by atoms with Gasteiger partial charge in [-0.25, -0.2) is 4.98 Å². The maximum absolute atomic E-state index is 13.0. The Morgan fingerprint density at radius 1 is 1.09 bits per heavy atom. The van der Waals surface area contributed by atoms with Crippen molar-refractivity contribution in [1.82, 2.24) is 14.9 Å². The van der Waals surface area contributed by atoms with Crippen LogP contribution in [0.4, 0.5) is 0 Å². The van der Waals surface area contributed by atoms with Crippen LogP contribution in [0.2, 0.25) is 0 Å². The summed E-state index contributed by atoms with van der Waals surface area (Å²) >= 11 is 1.49. The van der Waals surface area contributed by atoms with E-state index in [4.69, 9.17) is 4.98 Å². The van der Waals surface area contributed by atoms with Crippen LogP contribution in [0.15, 0.2) is 64.8 Å². The molecule has 2 N–H and O–H groups in total. The fraction of sp³-hybridized carbons (Fsp3) is 0.308. The SMILES string of the molecule is Cc1ccc(-c2csc3nc(CN(CC(O)Cc4ccccc4)C(C)C)[nH]c(=O)c23)cc1. The van der Waals surface area contributed by atoms with Gasteiger partial charge in [0, 0.05) is 23.5 Å². The Morgan fingerprint density at radius 2 is 1.81 bits per heavy atom. The lowest BCUT2D eigenvalue weighted by Crippen LogP contribution is -2.38. The molecule has 0 amide bonds. The number of aliphatic hydroxyl groups excluding tert-OH is 1. The second-order valence-electron chi connectivity index (χ2n) is 8.57. The molecule has 0 bridgehead atoms. The number of rotatable bonds is 8. The van der Waals surface area contributed by atoms with Crippen LogP contribution < -0.4 is 5.56 Å². The first kappa shape index (κ1) is 22.4. The van der Waals surface area contributed by atoms with Gasteiger partial charge in [-0.2, -0.15) is 0 Å². The standard InChI is InChI=1S/C26H29N3O2S/c1-17(2)29(14-21(30)13-19-7-5-4-6-8-19)15-23-27-25(31)24-22(16-32-26(24)28-23)20-11-9-18(3)10-12-20/h4-12,16-17,21,30H,13-15H2,1-3H3,(H,27,28,31). The molecule has 0 aliphatic heterocycles. The Kier molecular flexibility index (Phi) is 6.84. The number of H-pyrrole nitrogens is 1. The van der Waals surface area contributed by atoms with Crippen LogP contribution in [-0.2, 0) is 13.0 Å². The molecule has 32 heavy (non-hydrogen) atoms. The van der Waals surface area contributed by atoms with Gasteiger partial charge in [0.1, 0.15) is 10.7 Å². The maximum Gasteiger partial charge on any atom is 0.260 e. The van der Waals surface area contributed by atoms with Crippen LogP contribution >= 0.6 is 11.3 Å². The number of fused-ring (bicyclic) bond motifs is 1. The van der Waals surface area contributed by atoms with E-state index in [0.29, 0.717) is 30.7 Å². The molecule has 0 saturated carbocycles. The molecule has 2 aromatic carbocycles. The number of aromatic amines is 1. The van der Waals surface area contributed by atoms with Crippen molar-refractivity contribution < 1.29 is 5.11 Å². The van der Waals surface area contributed by atoms with Gasteiger partial charge < -0.3 is 10.1 Å². The van der Waals surface area contributed by atoms with Crippen molar-refractivity contribution in [2.45, 2.75) is 45.9 Å². The number of aliphatic hydroxyl groups is 1. The molecule has 0 fully saturated rings. The molecule has 0 saturated heterocycles. The predicted molar refractivity (Wildman–Crippen MR) is 132 cm³/mol. The number of aromatic nitrogens is 2. The van der Waals surface area contributed by atoms with E-state index in [1.165, 1.54) is 16.9 Å². The fourth-order valence-electron chi connectivity index (χ4n) is 3.89. The molecule has 5 nitrogen and oxygen atoms in total. The third-order valence-electron chi connectivity index (χ3n) is 5.70. The Labute approximate surface area is 192 Å². The van der Waals surface area contributed by atoms with Crippen LogP contribution in [0.3, 0.4) is 0 Å². The van der Waals surface area contributed by atoms with Crippen LogP contribution in [-0.4, -0.2) is 38.7 Å². The van der Waals surface area contributed by atoms with E-state index < -0.39 is 6.10 Å². The summed E-state index contributed by atoms with van der Waals surface area (Å²) in [5.74, 6) is 0.625. The van der Waals surface area contributed by atoms with E-state index in [2.05, 4.69) is 35.9 Å². The van der Waals surface area contributed by atoms with Crippen LogP contribution in [0.1, 0.15) is 30.8 Å². The third-order valence-corrected chi connectivity index (χ3v) is 6.57. The molecule has 4 rings (SSSR count). The highest BCUT2D eigenvalue weighted by Crippen LogP contribution is 2.31. The summed E-state index contributed by atoms with van der Waals surface area (Å²) < 4.78 is 0. The smallest absolute Gasteiger partial charge is 0.260 e. The normalized spacial score (nSPS) is 12.7. The number of thiophene rings is 1. The zero-order valence-corrected chi connectivity index (χ0v) is 19.5. The molecule has 0 spiro atoms. The van der Waals surface area contributed by atoms with E-state index in [9.17, 15) is 9.90 Å². The van der Waals surface area contributed by atoms with Crippen LogP contribution in [0.25, 0.3) is 21.3 Å². The summed E-state index contributed by atoms with van der Waals surface area (Å²) in [6.45, 7) is 7.21. The first-order valence-corrected chi connectivity index (χ1v) is 11.8. The zero-order chi connectivity index (χ0) is 22.7. The highest BCUT2D eigenvalue weighted by Gasteiger charge is 2.19. The number of aryl methyl sites for hydroxylation is 1. The first-order chi connectivity index (χ1) is 15.4. The monoisotopic (exact) mass is 447 g/mol. The largest absolute Gasteiger partial charge is 0.391 e.